The second-order valence-corrected chi connectivity index (χ2v) is 9.26. The Morgan fingerprint density at radius 3 is 1.85 bits per heavy atom. The summed E-state index contributed by atoms with van der Waals surface area (Å²) < 4.78 is 0. The fourth-order valence-electron chi connectivity index (χ4n) is 3.97. The molecule has 1 rings (SSSR count). The van der Waals surface area contributed by atoms with Crippen molar-refractivity contribution >= 4 is 0 Å². The molecular weight excluding hydrogens is 244 g/mol. The Morgan fingerprint density at radius 2 is 1.50 bits per heavy atom. The van der Waals surface area contributed by atoms with E-state index in [4.69, 9.17) is 5.73 Å². The highest BCUT2D eigenvalue weighted by molar-refractivity contribution is 4.87. The van der Waals surface area contributed by atoms with Crippen LogP contribution in [0.2, 0.25) is 0 Å². The fourth-order valence-corrected chi connectivity index (χ4v) is 3.97. The molecule has 0 aromatic carbocycles. The van der Waals surface area contributed by atoms with Crippen molar-refractivity contribution in [2.45, 2.75) is 73.3 Å². The molecule has 1 aliphatic carbocycles. The minimum absolute atomic E-state index is 0.352. The minimum atomic E-state index is 0.352. The molecule has 20 heavy (non-hydrogen) atoms. The van der Waals surface area contributed by atoms with Crippen molar-refractivity contribution in [2.24, 2.45) is 28.4 Å². The van der Waals surface area contributed by atoms with Gasteiger partial charge in [0.1, 0.15) is 0 Å². The first-order valence-electron chi connectivity index (χ1n) is 8.45. The molecule has 0 spiro atoms. The Balaban J connectivity index is 2.56. The minimum Gasteiger partial charge on any atom is -0.329 e. The zero-order chi connectivity index (χ0) is 15.6. The van der Waals surface area contributed by atoms with Crippen molar-refractivity contribution in [3.63, 3.8) is 0 Å². The average Bonchev–Trinajstić information content (AvgIpc) is 2.27. The Kier molecular flexibility index (Phi) is 6.10. The van der Waals surface area contributed by atoms with Gasteiger partial charge in [-0.3, -0.25) is 0 Å². The molecule has 0 aromatic rings. The quantitative estimate of drug-likeness (QED) is 0.839. The Hall–Kier alpha value is -0.0800. The maximum absolute atomic E-state index is 6.10. The van der Waals surface area contributed by atoms with E-state index in [1.165, 1.54) is 25.7 Å². The summed E-state index contributed by atoms with van der Waals surface area (Å²) in [5, 5.41) is 0. The Labute approximate surface area is 127 Å². The van der Waals surface area contributed by atoms with Crippen LogP contribution in [0.15, 0.2) is 0 Å². The van der Waals surface area contributed by atoms with Crippen LogP contribution in [0, 0.1) is 22.7 Å². The lowest BCUT2D eigenvalue weighted by Crippen LogP contribution is -2.47. The van der Waals surface area contributed by atoms with Crippen molar-refractivity contribution < 1.29 is 0 Å². The first-order chi connectivity index (χ1) is 9.04. The summed E-state index contributed by atoms with van der Waals surface area (Å²) in [5.74, 6) is 1.69. The van der Waals surface area contributed by atoms with Gasteiger partial charge in [-0.05, 0) is 55.4 Å². The van der Waals surface area contributed by atoms with E-state index >= 15 is 0 Å². The summed E-state index contributed by atoms with van der Waals surface area (Å²) in [6, 6.07) is 0.565. The van der Waals surface area contributed by atoms with Crippen molar-refractivity contribution in [1.82, 2.24) is 4.90 Å². The molecule has 2 heteroatoms. The standard InChI is InChI=1S/C18H38N2/c1-17(2,3)13-20(7)16(12-19)14-8-10-15(11-9-14)18(4,5)6/h14-16H,8-13,19H2,1-7H3. The maximum Gasteiger partial charge on any atom is 0.0243 e. The number of rotatable bonds is 4. The zero-order valence-corrected chi connectivity index (χ0v) is 15.0. The van der Waals surface area contributed by atoms with E-state index in [0.717, 1.165) is 24.9 Å². The molecule has 1 aliphatic rings. The lowest BCUT2D eigenvalue weighted by molar-refractivity contribution is 0.0785. The molecule has 0 aromatic heterocycles. The molecule has 0 saturated heterocycles. The number of nitrogens with two attached hydrogens (primary N) is 1. The van der Waals surface area contributed by atoms with Crippen molar-refractivity contribution in [1.29, 1.82) is 0 Å². The Morgan fingerprint density at radius 1 is 1.00 bits per heavy atom. The maximum atomic E-state index is 6.10. The van der Waals surface area contributed by atoms with E-state index in [0.29, 0.717) is 16.9 Å². The van der Waals surface area contributed by atoms with E-state index in [-0.39, 0.29) is 0 Å². The summed E-state index contributed by atoms with van der Waals surface area (Å²) in [6.45, 7) is 16.1. The summed E-state index contributed by atoms with van der Waals surface area (Å²) in [5.41, 5.74) is 6.93. The van der Waals surface area contributed by atoms with E-state index in [9.17, 15) is 0 Å². The molecule has 2 N–H and O–H groups in total. The predicted octanol–water partition coefficient (Wildman–Crippen LogP) is 4.14. The first-order valence-corrected chi connectivity index (χ1v) is 8.45. The van der Waals surface area contributed by atoms with Crippen molar-refractivity contribution in [3.05, 3.63) is 0 Å². The summed E-state index contributed by atoms with van der Waals surface area (Å²) in [4.78, 5) is 2.52. The normalized spacial score (nSPS) is 26.9. The highest BCUT2D eigenvalue weighted by atomic mass is 15.1. The van der Waals surface area contributed by atoms with E-state index in [2.05, 4.69) is 53.5 Å². The molecule has 0 heterocycles. The van der Waals surface area contributed by atoms with E-state index in [1.54, 1.807) is 0 Å². The van der Waals surface area contributed by atoms with Crippen LogP contribution in [0.1, 0.15) is 67.2 Å². The van der Waals surface area contributed by atoms with Gasteiger partial charge in [-0.15, -0.1) is 0 Å². The summed E-state index contributed by atoms with van der Waals surface area (Å²) in [6.07, 6.45) is 5.48. The largest absolute Gasteiger partial charge is 0.329 e. The third-order valence-corrected chi connectivity index (χ3v) is 5.07. The molecule has 1 saturated carbocycles. The number of likely N-dealkylation sites (N-methyl/N-ethyl adjacent to an activating group) is 1. The monoisotopic (exact) mass is 282 g/mol. The average molecular weight is 283 g/mol. The van der Waals surface area contributed by atoms with Gasteiger partial charge < -0.3 is 10.6 Å². The zero-order valence-electron chi connectivity index (χ0n) is 15.0. The van der Waals surface area contributed by atoms with Crippen LogP contribution in [0.4, 0.5) is 0 Å². The summed E-state index contributed by atoms with van der Waals surface area (Å²) in [7, 11) is 2.26. The van der Waals surface area contributed by atoms with Crippen LogP contribution in [0.25, 0.3) is 0 Å². The molecular formula is C18H38N2. The lowest BCUT2D eigenvalue weighted by Gasteiger charge is -2.43. The van der Waals surface area contributed by atoms with Gasteiger partial charge in [0.25, 0.3) is 0 Å². The van der Waals surface area contributed by atoms with Crippen LogP contribution < -0.4 is 5.73 Å². The third-order valence-electron chi connectivity index (χ3n) is 5.07. The van der Waals surface area contributed by atoms with Crippen LogP contribution in [-0.4, -0.2) is 31.1 Å². The van der Waals surface area contributed by atoms with Crippen molar-refractivity contribution in [2.75, 3.05) is 20.1 Å². The van der Waals surface area contributed by atoms with Crippen LogP contribution in [0.3, 0.4) is 0 Å². The topological polar surface area (TPSA) is 29.3 Å². The summed E-state index contributed by atoms with van der Waals surface area (Å²) >= 11 is 0. The van der Waals surface area contributed by atoms with Crippen LogP contribution >= 0.6 is 0 Å². The second kappa shape index (κ2) is 6.79. The fraction of sp³-hybridized carbons (Fsp3) is 1.00. The first kappa shape index (κ1) is 18.0. The smallest absolute Gasteiger partial charge is 0.0243 e. The van der Waals surface area contributed by atoms with Gasteiger partial charge in [-0.1, -0.05) is 41.5 Å². The van der Waals surface area contributed by atoms with Gasteiger partial charge in [0.05, 0.1) is 0 Å². The molecule has 1 unspecified atom stereocenters. The van der Waals surface area contributed by atoms with Gasteiger partial charge >= 0.3 is 0 Å². The highest BCUT2D eigenvalue weighted by Gasteiger charge is 2.34. The molecule has 0 bridgehead atoms. The molecule has 0 radical (unpaired) electrons. The molecule has 1 atom stereocenters. The molecule has 0 amide bonds. The number of hydrogen-bond acceptors (Lipinski definition) is 2. The van der Waals surface area contributed by atoms with Crippen LogP contribution in [-0.2, 0) is 0 Å². The SMILES string of the molecule is CN(CC(C)(C)C)C(CN)C1CCC(C(C)(C)C)CC1. The molecule has 1 fully saturated rings. The predicted molar refractivity (Wildman–Crippen MR) is 89.8 cm³/mol. The number of hydrogen-bond donors (Lipinski definition) is 1. The van der Waals surface area contributed by atoms with E-state index in [1.807, 2.05) is 0 Å². The molecule has 0 aliphatic heterocycles. The second-order valence-electron chi connectivity index (χ2n) is 9.26. The van der Waals surface area contributed by atoms with Gasteiger partial charge in [0.15, 0.2) is 0 Å². The van der Waals surface area contributed by atoms with Crippen LogP contribution in [0.5, 0.6) is 0 Å². The Bertz CT molecular complexity index is 277. The number of nitrogens with zero attached hydrogens (tertiary/aromatic N) is 1. The highest BCUT2D eigenvalue weighted by Crippen LogP contribution is 2.41. The van der Waals surface area contributed by atoms with Gasteiger partial charge in [-0.2, -0.15) is 0 Å². The van der Waals surface area contributed by atoms with E-state index < -0.39 is 0 Å². The lowest BCUT2D eigenvalue weighted by atomic mass is 9.68. The van der Waals surface area contributed by atoms with Gasteiger partial charge in [0, 0.05) is 19.1 Å². The van der Waals surface area contributed by atoms with Gasteiger partial charge in [0.2, 0.25) is 0 Å². The van der Waals surface area contributed by atoms with Crippen molar-refractivity contribution in [3.8, 4) is 0 Å². The van der Waals surface area contributed by atoms with Gasteiger partial charge in [-0.25, -0.2) is 0 Å². The molecule has 120 valence electrons. The third kappa shape index (κ3) is 5.37. The molecule has 2 nitrogen and oxygen atoms in total.